The average Bonchev–Trinajstić information content (AvgIpc) is 2.84. The first-order valence-electron chi connectivity index (χ1n) is 10.8. The summed E-state index contributed by atoms with van der Waals surface area (Å²) in [4.78, 5) is 13.2. The van der Waals surface area contributed by atoms with Gasteiger partial charge >= 0.3 is 0 Å². The molecule has 0 bridgehead atoms. The lowest BCUT2D eigenvalue weighted by Crippen LogP contribution is -2.41. The summed E-state index contributed by atoms with van der Waals surface area (Å²) in [5, 5.41) is 14.0. The van der Waals surface area contributed by atoms with Gasteiger partial charge in [-0.15, -0.1) is 0 Å². The monoisotopic (exact) mass is 541 g/mol. The molecule has 0 heterocycles. The summed E-state index contributed by atoms with van der Waals surface area (Å²) in [6, 6.07) is 16.6. The van der Waals surface area contributed by atoms with Crippen LogP contribution in [0.4, 0.5) is 5.69 Å². The topological polar surface area (TPSA) is 86.8 Å². The number of anilines is 1. The number of amides is 1. The fourth-order valence-corrected chi connectivity index (χ4v) is 3.68. The number of carbonyl (C=O) groups is 1. The minimum Gasteiger partial charge on any atom is -0.383 e. The van der Waals surface area contributed by atoms with Crippen LogP contribution in [0.5, 0.6) is 0 Å². The number of rotatable bonds is 9. The van der Waals surface area contributed by atoms with E-state index in [1.165, 1.54) is 0 Å². The molecule has 1 aliphatic carbocycles. The Morgan fingerprint density at radius 3 is 2.50 bits per heavy atom. The average molecular weight is 543 g/mol. The van der Waals surface area contributed by atoms with Crippen LogP contribution in [0.3, 0.4) is 0 Å². The van der Waals surface area contributed by atoms with Crippen molar-refractivity contribution in [1.29, 1.82) is 0 Å². The maximum absolute atomic E-state index is 13.2. The van der Waals surface area contributed by atoms with Crippen LogP contribution in [0.15, 0.2) is 88.1 Å². The molecule has 0 fully saturated rings. The van der Waals surface area contributed by atoms with Crippen molar-refractivity contribution in [2.24, 2.45) is 5.10 Å². The largest absolute Gasteiger partial charge is 0.383 e. The fraction of sp³-hybridized carbons (Fsp3) is 0.240. The minimum atomic E-state index is -0.669. The Labute approximate surface area is 213 Å². The van der Waals surface area contributed by atoms with Crippen LogP contribution >= 0.6 is 28.1 Å². The zero-order valence-corrected chi connectivity index (χ0v) is 21.4. The molecule has 1 amide bonds. The summed E-state index contributed by atoms with van der Waals surface area (Å²) in [7, 11) is 1.66. The Morgan fingerprint density at radius 1 is 1.12 bits per heavy atom. The van der Waals surface area contributed by atoms with E-state index >= 15 is 0 Å². The molecule has 2 unspecified atom stereocenters. The number of methoxy groups -OCH3 is 1. The van der Waals surface area contributed by atoms with Gasteiger partial charge < -0.3 is 26.1 Å². The lowest BCUT2D eigenvalue weighted by Gasteiger charge is -2.22. The van der Waals surface area contributed by atoms with E-state index in [0.29, 0.717) is 23.8 Å². The molecule has 34 heavy (non-hydrogen) atoms. The molecule has 0 saturated carbocycles. The van der Waals surface area contributed by atoms with Crippen molar-refractivity contribution in [3.8, 4) is 0 Å². The summed E-state index contributed by atoms with van der Waals surface area (Å²) in [6.45, 7) is 2.57. The standard InChI is InChI=1S/C25H28BrN5O2S/c1-17(16-33-2)30-31-22-14-12-20(13-15-22)27-24(32)23(18-6-4-3-5-7-18)29-25(34)28-21-10-8-19(26)9-11-21/h3-14,17,23,30H,15-16H2,1-2H3,(H,27,32)(H2,28,29,34). The first-order valence-corrected chi connectivity index (χ1v) is 12.0. The summed E-state index contributed by atoms with van der Waals surface area (Å²) in [5.74, 6) is -0.214. The number of hydrazone groups is 1. The summed E-state index contributed by atoms with van der Waals surface area (Å²) in [6.07, 6.45) is 6.25. The number of benzene rings is 2. The number of allylic oxidation sites excluding steroid dienone is 3. The SMILES string of the molecule is COCC(C)NN=C1C=CC(NC(=O)C(NC(=S)Nc2ccc(Br)cc2)c2ccccc2)=CC1. The Balaban J connectivity index is 1.63. The maximum Gasteiger partial charge on any atom is 0.251 e. The predicted molar refractivity (Wildman–Crippen MR) is 145 cm³/mol. The van der Waals surface area contributed by atoms with Crippen LogP contribution in [-0.4, -0.2) is 36.5 Å². The quantitative estimate of drug-likeness (QED) is 0.277. The van der Waals surface area contributed by atoms with Crippen molar-refractivity contribution in [2.45, 2.75) is 25.4 Å². The van der Waals surface area contributed by atoms with E-state index in [2.05, 4.69) is 42.4 Å². The molecule has 2 aromatic carbocycles. The normalized spacial score (nSPS) is 15.7. The van der Waals surface area contributed by atoms with Gasteiger partial charge in [0.05, 0.1) is 18.4 Å². The van der Waals surface area contributed by atoms with E-state index in [1.54, 1.807) is 7.11 Å². The van der Waals surface area contributed by atoms with Crippen molar-refractivity contribution in [2.75, 3.05) is 19.0 Å². The number of nitrogens with zero attached hydrogens (tertiary/aromatic N) is 1. The van der Waals surface area contributed by atoms with Gasteiger partial charge in [0, 0.05) is 29.4 Å². The lowest BCUT2D eigenvalue weighted by atomic mass is 10.1. The zero-order valence-electron chi connectivity index (χ0n) is 19.0. The van der Waals surface area contributed by atoms with E-state index in [9.17, 15) is 4.79 Å². The number of halogens is 1. The molecule has 9 heteroatoms. The number of thiocarbonyl (C=S) groups is 1. The van der Waals surface area contributed by atoms with Crippen LogP contribution in [0.1, 0.15) is 24.9 Å². The number of hydrogen-bond donors (Lipinski definition) is 4. The number of hydrogen-bond acceptors (Lipinski definition) is 5. The second-order valence-corrected chi connectivity index (χ2v) is 9.05. The second kappa shape index (κ2) is 13.0. The van der Waals surface area contributed by atoms with Gasteiger partial charge in [0.15, 0.2) is 5.11 Å². The Bertz CT molecular complexity index is 1070. The van der Waals surface area contributed by atoms with E-state index in [-0.39, 0.29) is 11.9 Å². The van der Waals surface area contributed by atoms with Crippen molar-refractivity contribution in [3.63, 3.8) is 0 Å². The summed E-state index contributed by atoms with van der Waals surface area (Å²) >= 11 is 8.90. The predicted octanol–water partition coefficient (Wildman–Crippen LogP) is 4.42. The van der Waals surface area contributed by atoms with Gasteiger partial charge in [0.2, 0.25) is 0 Å². The molecular formula is C25H28BrN5O2S. The van der Waals surface area contributed by atoms with Gasteiger partial charge in [-0.2, -0.15) is 5.10 Å². The molecular weight excluding hydrogens is 514 g/mol. The first-order chi connectivity index (χ1) is 16.4. The van der Waals surface area contributed by atoms with E-state index in [1.807, 2.05) is 79.7 Å². The molecule has 0 spiro atoms. The molecule has 0 radical (unpaired) electrons. The van der Waals surface area contributed by atoms with Gasteiger partial charge in [-0.3, -0.25) is 4.79 Å². The number of nitrogens with one attached hydrogen (secondary N) is 4. The number of ether oxygens (including phenoxy) is 1. The molecule has 2 atom stereocenters. The molecule has 3 rings (SSSR count). The van der Waals surface area contributed by atoms with Gasteiger partial charge in [-0.1, -0.05) is 52.3 Å². The van der Waals surface area contributed by atoms with E-state index < -0.39 is 6.04 Å². The highest BCUT2D eigenvalue weighted by Gasteiger charge is 2.22. The molecule has 2 aromatic rings. The van der Waals surface area contributed by atoms with E-state index in [4.69, 9.17) is 17.0 Å². The van der Waals surface area contributed by atoms with Crippen molar-refractivity contribution >= 4 is 50.6 Å². The highest BCUT2D eigenvalue weighted by molar-refractivity contribution is 9.10. The molecule has 0 aromatic heterocycles. The molecule has 1 aliphatic rings. The van der Waals surface area contributed by atoms with Gasteiger partial charge in [-0.25, -0.2) is 0 Å². The molecule has 7 nitrogen and oxygen atoms in total. The second-order valence-electron chi connectivity index (χ2n) is 7.72. The summed E-state index contributed by atoms with van der Waals surface area (Å²) in [5.41, 5.74) is 6.27. The Hall–Kier alpha value is -3.01. The third kappa shape index (κ3) is 8.09. The molecule has 4 N–H and O–H groups in total. The van der Waals surface area contributed by atoms with Crippen molar-refractivity contribution in [3.05, 3.63) is 88.6 Å². The molecule has 0 aliphatic heterocycles. The van der Waals surface area contributed by atoms with E-state index in [0.717, 1.165) is 21.4 Å². The van der Waals surface area contributed by atoms with Crippen LogP contribution in [-0.2, 0) is 9.53 Å². The third-order valence-corrected chi connectivity index (χ3v) is 5.62. The maximum atomic E-state index is 13.2. The van der Waals surface area contributed by atoms with Crippen molar-refractivity contribution in [1.82, 2.24) is 16.1 Å². The van der Waals surface area contributed by atoms with Gasteiger partial charge in [0.25, 0.3) is 5.91 Å². The zero-order chi connectivity index (χ0) is 24.3. The first kappa shape index (κ1) is 25.6. The van der Waals surface area contributed by atoms with Gasteiger partial charge in [-0.05, 0) is 61.1 Å². The highest BCUT2D eigenvalue weighted by atomic mass is 79.9. The third-order valence-electron chi connectivity index (χ3n) is 4.87. The Morgan fingerprint density at radius 2 is 1.85 bits per heavy atom. The van der Waals surface area contributed by atoms with Crippen molar-refractivity contribution < 1.29 is 9.53 Å². The fourth-order valence-electron chi connectivity index (χ4n) is 3.18. The van der Waals surface area contributed by atoms with Gasteiger partial charge in [0.1, 0.15) is 6.04 Å². The van der Waals surface area contributed by atoms with Crippen LogP contribution in [0, 0.1) is 0 Å². The number of carbonyl (C=O) groups excluding carboxylic acids is 1. The Kier molecular flexibility index (Phi) is 9.81. The molecule has 0 saturated heterocycles. The summed E-state index contributed by atoms with van der Waals surface area (Å²) < 4.78 is 6.07. The van der Waals surface area contributed by atoms with Crippen LogP contribution < -0.4 is 21.4 Å². The van der Waals surface area contributed by atoms with Crippen LogP contribution in [0.25, 0.3) is 0 Å². The highest BCUT2D eigenvalue weighted by Crippen LogP contribution is 2.17. The minimum absolute atomic E-state index is 0.114. The molecule has 178 valence electrons. The smallest absolute Gasteiger partial charge is 0.251 e. The lowest BCUT2D eigenvalue weighted by molar-refractivity contribution is -0.122. The van der Waals surface area contributed by atoms with Crippen LogP contribution in [0.2, 0.25) is 0 Å².